The lowest BCUT2D eigenvalue weighted by Gasteiger charge is -2.17. The fourth-order valence-corrected chi connectivity index (χ4v) is 2.75. The molecule has 0 fully saturated rings. The van der Waals surface area contributed by atoms with Gasteiger partial charge >= 0.3 is 0 Å². The first-order valence-corrected chi connectivity index (χ1v) is 7.35. The smallest absolute Gasteiger partial charge is 0.145 e. The summed E-state index contributed by atoms with van der Waals surface area (Å²) in [5, 5.41) is 0.534. The zero-order valence-electron chi connectivity index (χ0n) is 11.3. The van der Waals surface area contributed by atoms with Crippen LogP contribution in [0.1, 0.15) is 37.1 Å². The minimum atomic E-state index is 0.248. The zero-order chi connectivity index (χ0) is 13.7. The Hall–Kier alpha value is -0.410. The summed E-state index contributed by atoms with van der Waals surface area (Å²) < 4.78 is 10.6. The molecule has 0 saturated heterocycles. The maximum Gasteiger partial charge on any atom is 0.145 e. The predicted octanol–water partition coefficient (Wildman–Crippen LogP) is 5.23. The lowest BCUT2D eigenvalue weighted by atomic mass is 10.0. The van der Waals surface area contributed by atoms with Gasteiger partial charge in [0.25, 0.3) is 0 Å². The summed E-state index contributed by atoms with van der Waals surface area (Å²) in [6.45, 7) is 4.44. The first kappa shape index (κ1) is 15.6. The van der Waals surface area contributed by atoms with Crippen LogP contribution in [0.4, 0.5) is 0 Å². The normalized spacial score (nSPS) is 12.6. The highest BCUT2D eigenvalue weighted by Crippen LogP contribution is 2.43. The summed E-state index contributed by atoms with van der Waals surface area (Å²) in [7, 11) is 3.23. The van der Waals surface area contributed by atoms with Crippen LogP contribution in [0, 0.1) is 5.92 Å². The van der Waals surface area contributed by atoms with E-state index in [0.717, 1.165) is 18.4 Å². The molecule has 0 aromatic heterocycles. The molecule has 0 radical (unpaired) electrons. The molecule has 4 heteroatoms. The minimum Gasteiger partial charge on any atom is -0.495 e. The molecule has 0 N–H and O–H groups in total. The van der Waals surface area contributed by atoms with Crippen molar-refractivity contribution < 1.29 is 9.47 Å². The second-order valence-corrected chi connectivity index (χ2v) is 6.13. The second-order valence-electron chi connectivity index (χ2n) is 4.64. The van der Waals surface area contributed by atoms with Crippen LogP contribution in [0.5, 0.6) is 11.5 Å². The van der Waals surface area contributed by atoms with Crippen molar-refractivity contribution in [2.24, 2.45) is 5.92 Å². The molecule has 1 rings (SSSR count). The van der Waals surface area contributed by atoms with Crippen molar-refractivity contribution in [1.82, 2.24) is 0 Å². The average molecular weight is 336 g/mol. The molecule has 0 amide bonds. The molecule has 0 aliphatic carbocycles. The van der Waals surface area contributed by atoms with Crippen molar-refractivity contribution in [3.05, 3.63) is 22.7 Å². The fraction of sp³-hybridized carbons (Fsp3) is 0.571. The van der Waals surface area contributed by atoms with E-state index in [-0.39, 0.29) is 4.83 Å². The number of benzene rings is 1. The van der Waals surface area contributed by atoms with Crippen LogP contribution in [-0.4, -0.2) is 14.2 Å². The molecule has 0 heterocycles. The summed E-state index contributed by atoms with van der Waals surface area (Å²) in [6.07, 6.45) is 2.21. The number of methoxy groups -OCH3 is 2. The van der Waals surface area contributed by atoms with E-state index < -0.39 is 0 Å². The Morgan fingerprint density at radius 1 is 1.17 bits per heavy atom. The van der Waals surface area contributed by atoms with Crippen LogP contribution in [0.2, 0.25) is 5.02 Å². The summed E-state index contributed by atoms with van der Waals surface area (Å²) in [5.41, 5.74) is 1.07. The Morgan fingerprint density at radius 3 is 2.33 bits per heavy atom. The average Bonchev–Trinajstić information content (AvgIpc) is 2.35. The van der Waals surface area contributed by atoms with E-state index in [4.69, 9.17) is 21.1 Å². The van der Waals surface area contributed by atoms with Crippen molar-refractivity contribution >= 4 is 27.5 Å². The van der Waals surface area contributed by atoms with Gasteiger partial charge in [-0.15, -0.1) is 0 Å². The number of hydrogen-bond acceptors (Lipinski definition) is 2. The quantitative estimate of drug-likeness (QED) is 0.663. The summed E-state index contributed by atoms with van der Waals surface area (Å²) >= 11 is 9.96. The third kappa shape index (κ3) is 3.79. The van der Waals surface area contributed by atoms with Crippen molar-refractivity contribution in [2.75, 3.05) is 14.2 Å². The largest absolute Gasteiger partial charge is 0.495 e. The maximum absolute atomic E-state index is 6.25. The minimum absolute atomic E-state index is 0.248. The van der Waals surface area contributed by atoms with E-state index in [9.17, 15) is 0 Å². The lowest BCUT2D eigenvalue weighted by molar-refractivity contribution is 0.390. The van der Waals surface area contributed by atoms with Gasteiger partial charge in [-0.1, -0.05) is 47.4 Å². The molecule has 1 aromatic carbocycles. The van der Waals surface area contributed by atoms with Gasteiger partial charge < -0.3 is 9.47 Å². The zero-order valence-corrected chi connectivity index (χ0v) is 13.6. The predicted molar refractivity (Wildman–Crippen MR) is 80.3 cm³/mol. The Balaban J connectivity index is 2.97. The Morgan fingerprint density at radius 2 is 1.83 bits per heavy atom. The van der Waals surface area contributed by atoms with E-state index in [2.05, 4.69) is 29.8 Å². The standard InChI is InChI=1S/C14H20BrClO2/c1-9(2)5-7-11(15)10-6-8-12(17-3)13(16)14(10)18-4/h6,8-9,11H,5,7H2,1-4H3. The SMILES string of the molecule is COc1ccc(C(Br)CCC(C)C)c(OC)c1Cl. The number of halogens is 2. The second kappa shape index (κ2) is 7.25. The Kier molecular flexibility index (Phi) is 6.30. The Labute approximate surface area is 123 Å². The van der Waals surface area contributed by atoms with Crippen LogP contribution in [0.3, 0.4) is 0 Å². The lowest BCUT2D eigenvalue weighted by Crippen LogP contribution is -1.99. The van der Waals surface area contributed by atoms with Crippen LogP contribution >= 0.6 is 27.5 Å². The molecule has 0 aliphatic rings. The first-order chi connectivity index (χ1) is 8.51. The van der Waals surface area contributed by atoms with Gasteiger partial charge in [-0.05, 0) is 24.8 Å². The highest BCUT2D eigenvalue weighted by atomic mass is 79.9. The molecule has 0 saturated carbocycles. The summed E-state index contributed by atoms with van der Waals surface area (Å²) in [4.78, 5) is 0.248. The number of ether oxygens (including phenoxy) is 2. The third-order valence-electron chi connectivity index (χ3n) is 2.85. The molecular weight excluding hydrogens is 316 g/mol. The molecule has 1 atom stereocenters. The van der Waals surface area contributed by atoms with Crippen molar-refractivity contribution in [1.29, 1.82) is 0 Å². The summed E-state index contributed by atoms with van der Waals surface area (Å²) in [5.74, 6) is 2.02. The molecule has 1 aromatic rings. The highest BCUT2D eigenvalue weighted by molar-refractivity contribution is 9.09. The molecule has 1 unspecified atom stereocenters. The molecule has 102 valence electrons. The number of hydrogen-bond donors (Lipinski definition) is 0. The van der Waals surface area contributed by atoms with Crippen molar-refractivity contribution in [3.63, 3.8) is 0 Å². The monoisotopic (exact) mass is 334 g/mol. The van der Waals surface area contributed by atoms with Gasteiger partial charge in [0, 0.05) is 10.4 Å². The van der Waals surface area contributed by atoms with Gasteiger partial charge in [-0.2, -0.15) is 0 Å². The highest BCUT2D eigenvalue weighted by Gasteiger charge is 2.18. The van der Waals surface area contributed by atoms with Crippen LogP contribution in [0.25, 0.3) is 0 Å². The van der Waals surface area contributed by atoms with Crippen LogP contribution < -0.4 is 9.47 Å². The van der Waals surface area contributed by atoms with Gasteiger partial charge in [-0.25, -0.2) is 0 Å². The molecule has 0 spiro atoms. The summed E-state index contributed by atoms with van der Waals surface area (Å²) in [6, 6.07) is 3.88. The molecule has 2 nitrogen and oxygen atoms in total. The van der Waals surface area contributed by atoms with Gasteiger partial charge in [0.2, 0.25) is 0 Å². The first-order valence-electron chi connectivity index (χ1n) is 6.05. The van der Waals surface area contributed by atoms with Crippen molar-refractivity contribution in [3.8, 4) is 11.5 Å². The van der Waals surface area contributed by atoms with E-state index >= 15 is 0 Å². The fourth-order valence-electron chi connectivity index (χ4n) is 1.80. The van der Waals surface area contributed by atoms with Gasteiger partial charge in [0.1, 0.15) is 16.5 Å². The molecule has 0 bridgehead atoms. The van der Waals surface area contributed by atoms with E-state index in [1.165, 1.54) is 0 Å². The van der Waals surface area contributed by atoms with Gasteiger partial charge in [0.15, 0.2) is 0 Å². The topological polar surface area (TPSA) is 18.5 Å². The third-order valence-corrected chi connectivity index (χ3v) is 4.16. The van der Waals surface area contributed by atoms with Gasteiger partial charge in [-0.3, -0.25) is 0 Å². The van der Waals surface area contributed by atoms with Crippen LogP contribution in [0.15, 0.2) is 12.1 Å². The van der Waals surface area contributed by atoms with Crippen molar-refractivity contribution in [2.45, 2.75) is 31.5 Å². The van der Waals surface area contributed by atoms with E-state index in [0.29, 0.717) is 22.4 Å². The van der Waals surface area contributed by atoms with Gasteiger partial charge in [0.05, 0.1) is 14.2 Å². The maximum atomic E-state index is 6.25. The molecule has 18 heavy (non-hydrogen) atoms. The Bertz CT molecular complexity index is 394. The van der Waals surface area contributed by atoms with E-state index in [1.807, 2.05) is 12.1 Å². The molecular formula is C14H20BrClO2. The molecule has 0 aliphatic heterocycles. The van der Waals surface area contributed by atoms with Crippen LogP contribution in [-0.2, 0) is 0 Å². The number of alkyl halides is 1. The number of rotatable bonds is 6. The van der Waals surface area contributed by atoms with E-state index in [1.54, 1.807) is 14.2 Å².